The maximum absolute atomic E-state index is 13.4. The van der Waals surface area contributed by atoms with Gasteiger partial charge in [-0.1, -0.05) is 29.8 Å². The topological polar surface area (TPSA) is 83.8 Å². The number of carbonyl (C=O) groups excluding carboxylic acids is 2. The first-order valence-electron chi connectivity index (χ1n) is 10.5. The highest BCUT2D eigenvalue weighted by Gasteiger charge is 2.38. The molecule has 2 atom stereocenters. The van der Waals surface area contributed by atoms with Crippen LogP contribution in [0.3, 0.4) is 0 Å². The van der Waals surface area contributed by atoms with Crippen LogP contribution in [0.4, 0.5) is 17.1 Å². The van der Waals surface area contributed by atoms with Crippen molar-refractivity contribution in [1.82, 2.24) is 0 Å². The molecule has 1 aliphatic rings. The normalized spacial score (nSPS) is 17.2. The average molecular weight is 464 g/mol. The summed E-state index contributed by atoms with van der Waals surface area (Å²) >= 11 is 6.04. The Labute approximate surface area is 196 Å². The van der Waals surface area contributed by atoms with Gasteiger partial charge in [0.1, 0.15) is 0 Å². The van der Waals surface area contributed by atoms with Crippen molar-refractivity contribution in [1.29, 1.82) is 0 Å². The number of nitro benzene ring substituents is 1. The van der Waals surface area contributed by atoms with Gasteiger partial charge < -0.3 is 9.80 Å². The summed E-state index contributed by atoms with van der Waals surface area (Å²) in [6.45, 7) is 3.46. The number of non-ortho nitro benzene ring substituents is 1. The SMILES string of the molecule is CC(=O)N(c1ccc(Cl)cc1)[C@@H]1C[C@H](C)N(C(=O)c2ccc([N+](=O)[O-])cc2)c2ccccc21. The summed E-state index contributed by atoms with van der Waals surface area (Å²) in [6.07, 6.45) is 0.526. The number of nitrogens with zero attached hydrogens (tertiary/aromatic N) is 3. The Kier molecular flexibility index (Phi) is 6.16. The number of amides is 2. The monoisotopic (exact) mass is 463 g/mol. The number of anilines is 2. The molecule has 0 aliphatic carbocycles. The van der Waals surface area contributed by atoms with Gasteiger partial charge in [-0.25, -0.2) is 0 Å². The zero-order valence-electron chi connectivity index (χ0n) is 18.1. The fraction of sp³-hybridized carbons (Fsp3) is 0.200. The minimum Gasteiger partial charge on any atom is -0.305 e. The molecular weight excluding hydrogens is 442 g/mol. The van der Waals surface area contributed by atoms with E-state index >= 15 is 0 Å². The summed E-state index contributed by atoms with van der Waals surface area (Å²) in [7, 11) is 0. The van der Waals surface area contributed by atoms with Crippen LogP contribution in [0.25, 0.3) is 0 Å². The van der Waals surface area contributed by atoms with E-state index in [4.69, 9.17) is 11.6 Å². The van der Waals surface area contributed by atoms with Gasteiger partial charge in [0.05, 0.1) is 11.0 Å². The number of hydrogen-bond acceptors (Lipinski definition) is 4. The highest BCUT2D eigenvalue weighted by molar-refractivity contribution is 6.30. The zero-order chi connectivity index (χ0) is 23.7. The smallest absolute Gasteiger partial charge is 0.269 e. The first kappa shape index (κ1) is 22.5. The van der Waals surface area contributed by atoms with E-state index in [1.165, 1.54) is 31.2 Å². The van der Waals surface area contributed by atoms with E-state index in [9.17, 15) is 19.7 Å². The van der Waals surface area contributed by atoms with Gasteiger partial charge in [-0.05, 0) is 61.4 Å². The number of para-hydroxylation sites is 1. The lowest BCUT2D eigenvalue weighted by Gasteiger charge is -2.43. The minimum absolute atomic E-state index is 0.0706. The largest absolute Gasteiger partial charge is 0.305 e. The Morgan fingerprint density at radius 2 is 1.67 bits per heavy atom. The molecule has 1 heterocycles. The number of benzene rings is 3. The van der Waals surface area contributed by atoms with Gasteiger partial charge in [0.2, 0.25) is 5.91 Å². The maximum Gasteiger partial charge on any atom is 0.269 e. The van der Waals surface area contributed by atoms with E-state index in [2.05, 4.69) is 0 Å². The molecule has 8 heteroatoms. The molecule has 0 fully saturated rings. The van der Waals surface area contributed by atoms with Gasteiger partial charge in [0.25, 0.3) is 11.6 Å². The summed E-state index contributed by atoms with van der Waals surface area (Å²) in [6, 6.07) is 19.7. The first-order chi connectivity index (χ1) is 15.8. The molecule has 7 nitrogen and oxygen atoms in total. The average Bonchev–Trinajstić information content (AvgIpc) is 2.80. The van der Waals surface area contributed by atoms with Gasteiger partial charge in [-0.15, -0.1) is 0 Å². The molecule has 0 saturated heterocycles. The lowest BCUT2D eigenvalue weighted by Crippen LogP contribution is -2.47. The Morgan fingerprint density at radius 3 is 2.27 bits per heavy atom. The molecule has 0 N–H and O–H groups in total. The molecule has 0 aromatic heterocycles. The number of rotatable bonds is 4. The van der Waals surface area contributed by atoms with Crippen LogP contribution in [0, 0.1) is 10.1 Å². The molecule has 0 spiro atoms. The zero-order valence-corrected chi connectivity index (χ0v) is 18.9. The molecule has 0 unspecified atom stereocenters. The van der Waals surface area contributed by atoms with Crippen LogP contribution in [0.1, 0.15) is 42.2 Å². The summed E-state index contributed by atoms with van der Waals surface area (Å²) in [4.78, 5) is 40.1. The molecule has 0 bridgehead atoms. The van der Waals surface area contributed by atoms with Crippen molar-refractivity contribution in [2.24, 2.45) is 0 Å². The summed E-state index contributed by atoms with van der Waals surface area (Å²) in [5.41, 5.74) is 2.59. The van der Waals surface area contributed by atoms with Crippen LogP contribution in [0.2, 0.25) is 5.02 Å². The lowest BCUT2D eigenvalue weighted by molar-refractivity contribution is -0.384. The summed E-state index contributed by atoms with van der Waals surface area (Å²) in [5.74, 6) is -0.358. The molecule has 4 rings (SSSR count). The fourth-order valence-corrected chi connectivity index (χ4v) is 4.51. The van der Waals surface area contributed by atoms with Gasteiger partial charge >= 0.3 is 0 Å². The third kappa shape index (κ3) is 4.32. The standard InChI is InChI=1S/C25H22ClN3O4/c1-16-15-24(28(17(2)30)20-13-9-19(26)10-14-20)22-5-3-4-6-23(22)27(16)25(31)18-7-11-21(12-8-18)29(32)33/h3-14,16,24H,15H2,1-2H3/t16-,24+/m0/s1. The molecule has 1 aliphatic heterocycles. The van der Waals surface area contributed by atoms with Crippen LogP contribution in [-0.2, 0) is 4.79 Å². The molecule has 33 heavy (non-hydrogen) atoms. The van der Waals surface area contributed by atoms with Gasteiger partial charge in [-0.3, -0.25) is 19.7 Å². The van der Waals surface area contributed by atoms with Gasteiger partial charge in [0, 0.05) is 47.1 Å². The lowest BCUT2D eigenvalue weighted by atomic mass is 9.89. The van der Waals surface area contributed by atoms with Gasteiger partial charge in [-0.2, -0.15) is 0 Å². The van der Waals surface area contributed by atoms with E-state index < -0.39 is 4.92 Å². The van der Waals surface area contributed by atoms with E-state index in [0.717, 1.165) is 11.3 Å². The van der Waals surface area contributed by atoms with Crippen LogP contribution >= 0.6 is 11.6 Å². The number of carbonyl (C=O) groups is 2. The van der Waals surface area contributed by atoms with E-state index in [0.29, 0.717) is 22.7 Å². The van der Waals surface area contributed by atoms with Crippen LogP contribution < -0.4 is 9.80 Å². The van der Waals surface area contributed by atoms with E-state index in [-0.39, 0.29) is 29.6 Å². The predicted molar refractivity (Wildman–Crippen MR) is 128 cm³/mol. The van der Waals surface area contributed by atoms with Crippen molar-refractivity contribution >= 4 is 40.5 Å². The first-order valence-corrected chi connectivity index (χ1v) is 10.9. The molecule has 168 valence electrons. The molecular formula is C25H22ClN3O4. The van der Waals surface area contributed by atoms with E-state index in [1.54, 1.807) is 21.9 Å². The predicted octanol–water partition coefficient (Wildman–Crippen LogP) is 5.78. The molecule has 0 saturated carbocycles. The van der Waals surface area contributed by atoms with Crippen molar-refractivity contribution < 1.29 is 14.5 Å². The maximum atomic E-state index is 13.4. The second-order valence-corrected chi connectivity index (χ2v) is 8.44. The molecule has 0 radical (unpaired) electrons. The number of nitro groups is 1. The van der Waals surface area contributed by atoms with Crippen LogP contribution in [0.5, 0.6) is 0 Å². The quantitative estimate of drug-likeness (QED) is 0.362. The van der Waals surface area contributed by atoms with Gasteiger partial charge in [0.15, 0.2) is 0 Å². The highest BCUT2D eigenvalue weighted by Crippen LogP contribution is 2.42. The fourth-order valence-electron chi connectivity index (χ4n) is 4.38. The van der Waals surface area contributed by atoms with Crippen LogP contribution in [-0.4, -0.2) is 22.8 Å². The Balaban J connectivity index is 1.74. The Hall–Kier alpha value is -3.71. The van der Waals surface area contributed by atoms with Crippen molar-refractivity contribution in [2.75, 3.05) is 9.80 Å². The number of halogens is 1. The third-order valence-corrected chi connectivity index (χ3v) is 6.11. The Bertz CT molecular complexity index is 1210. The number of fused-ring (bicyclic) bond motifs is 1. The second-order valence-electron chi connectivity index (χ2n) is 8.00. The number of hydrogen-bond donors (Lipinski definition) is 0. The minimum atomic E-state index is -0.495. The second kappa shape index (κ2) is 9.03. The van der Waals surface area contributed by atoms with Crippen molar-refractivity contribution in [2.45, 2.75) is 32.4 Å². The third-order valence-electron chi connectivity index (χ3n) is 5.86. The van der Waals surface area contributed by atoms with Crippen molar-refractivity contribution in [3.63, 3.8) is 0 Å². The summed E-state index contributed by atoms with van der Waals surface area (Å²) in [5, 5.41) is 11.5. The highest BCUT2D eigenvalue weighted by atomic mass is 35.5. The molecule has 3 aromatic carbocycles. The molecule has 2 amide bonds. The van der Waals surface area contributed by atoms with E-state index in [1.807, 2.05) is 43.3 Å². The Morgan fingerprint density at radius 1 is 1.03 bits per heavy atom. The van der Waals surface area contributed by atoms with Crippen LogP contribution in [0.15, 0.2) is 72.8 Å². The van der Waals surface area contributed by atoms with Crippen molar-refractivity contribution in [3.8, 4) is 0 Å². The van der Waals surface area contributed by atoms with Crippen molar-refractivity contribution in [3.05, 3.63) is 99.1 Å². The molecule has 3 aromatic rings. The summed E-state index contributed by atoms with van der Waals surface area (Å²) < 4.78 is 0.